The first kappa shape index (κ1) is 15.5. The Hall–Kier alpha value is -1.88. The van der Waals surface area contributed by atoms with E-state index in [1.54, 1.807) is 11.1 Å². The minimum atomic E-state index is 0.105. The summed E-state index contributed by atoms with van der Waals surface area (Å²) in [5.74, 6) is 0.105. The molecule has 2 rings (SSSR count). The van der Waals surface area contributed by atoms with Crippen LogP contribution in [0, 0.1) is 0 Å². The molecule has 0 unspecified atom stereocenters. The lowest BCUT2D eigenvalue weighted by Gasteiger charge is -2.14. The summed E-state index contributed by atoms with van der Waals surface area (Å²) in [5, 5.41) is 4.53. The molecule has 114 valence electrons. The molecular formula is C16H24N4O. The van der Waals surface area contributed by atoms with E-state index in [4.69, 9.17) is 0 Å². The van der Waals surface area contributed by atoms with Crippen molar-refractivity contribution in [2.75, 3.05) is 20.1 Å². The van der Waals surface area contributed by atoms with Crippen LogP contribution in [0.4, 0.5) is 0 Å². The second kappa shape index (κ2) is 7.22. The van der Waals surface area contributed by atoms with Gasteiger partial charge in [0, 0.05) is 37.9 Å². The van der Waals surface area contributed by atoms with Crippen molar-refractivity contribution in [3.8, 4) is 0 Å². The summed E-state index contributed by atoms with van der Waals surface area (Å²) in [4.78, 5) is 18.3. The fourth-order valence-electron chi connectivity index (χ4n) is 2.30. The number of nitrogens with one attached hydrogen (secondary N) is 1. The SMILES string of the molecule is CCCNCc1cn(CC(=O)N(C)CC)c2ncccc12. The number of rotatable bonds is 7. The van der Waals surface area contributed by atoms with Gasteiger partial charge in [0.15, 0.2) is 0 Å². The first-order valence-electron chi connectivity index (χ1n) is 7.54. The third-order valence-corrected chi connectivity index (χ3v) is 3.66. The van der Waals surface area contributed by atoms with Gasteiger partial charge in [-0.1, -0.05) is 6.92 Å². The van der Waals surface area contributed by atoms with Gasteiger partial charge in [-0.25, -0.2) is 4.98 Å². The Morgan fingerprint density at radius 2 is 2.24 bits per heavy atom. The molecule has 0 aliphatic carbocycles. The third-order valence-electron chi connectivity index (χ3n) is 3.66. The normalized spacial score (nSPS) is 11.0. The highest BCUT2D eigenvalue weighted by atomic mass is 16.2. The number of nitrogens with zero attached hydrogens (tertiary/aromatic N) is 3. The van der Waals surface area contributed by atoms with Crippen LogP contribution in [0.3, 0.4) is 0 Å². The summed E-state index contributed by atoms with van der Waals surface area (Å²) in [5.41, 5.74) is 2.07. The molecule has 0 saturated heterocycles. The molecule has 1 amide bonds. The lowest BCUT2D eigenvalue weighted by Crippen LogP contribution is -2.29. The van der Waals surface area contributed by atoms with Crippen molar-refractivity contribution < 1.29 is 4.79 Å². The molecule has 2 aromatic rings. The maximum Gasteiger partial charge on any atom is 0.242 e. The number of amides is 1. The van der Waals surface area contributed by atoms with Crippen LogP contribution in [0.2, 0.25) is 0 Å². The molecule has 0 saturated carbocycles. The van der Waals surface area contributed by atoms with Crippen LogP contribution in [0.5, 0.6) is 0 Å². The van der Waals surface area contributed by atoms with E-state index in [0.29, 0.717) is 6.54 Å². The minimum absolute atomic E-state index is 0.105. The van der Waals surface area contributed by atoms with Crippen molar-refractivity contribution in [2.24, 2.45) is 0 Å². The third kappa shape index (κ3) is 3.61. The molecule has 5 nitrogen and oxygen atoms in total. The van der Waals surface area contributed by atoms with Gasteiger partial charge in [0.2, 0.25) is 5.91 Å². The molecule has 0 radical (unpaired) electrons. The molecule has 5 heteroatoms. The number of aromatic nitrogens is 2. The second-order valence-corrected chi connectivity index (χ2v) is 5.24. The van der Waals surface area contributed by atoms with Gasteiger partial charge in [-0.15, -0.1) is 0 Å². The zero-order valence-corrected chi connectivity index (χ0v) is 13.1. The first-order chi connectivity index (χ1) is 10.2. The molecule has 0 aromatic carbocycles. The Morgan fingerprint density at radius 1 is 1.43 bits per heavy atom. The molecule has 21 heavy (non-hydrogen) atoms. The average molecular weight is 288 g/mol. The lowest BCUT2D eigenvalue weighted by atomic mass is 10.2. The largest absolute Gasteiger partial charge is 0.344 e. The van der Waals surface area contributed by atoms with Crippen LogP contribution in [-0.4, -0.2) is 40.5 Å². The van der Waals surface area contributed by atoms with Crippen molar-refractivity contribution in [1.29, 1.82) is 0 Å². The number of carbonyl (C=O) groups is 1. The molecule has 0 bridgehead atoms. The van der Waals surface area contributed by atoms with Gasteiger partial charge in [0.25, 0.3) is 0 Å². The highest BCUT2D eigenvalue weighted by Gasteiger charge is 2.13. The molecule has 1 N–H and O–H groups in total. The number of pyridine rings is 1. The van der Waals surface area contributed by atoms with E-state index in [-0.39, 0.29) is 5.91 Å². The zero-order valence-electron chi connectivity index (χ0n) is 13.1. The number of hydrogen-bond acceptors (Lipinski definition) is 3. The Bertz CT molecular complexity index is 605. The van der Waals surface area contributed by atoms with E-state index in [9.17, 15) is 4.79 Å². The van der Waals surface area contributed by atoms with Crippen LogP contribution < -0.4 is 5.32 Å². The molecular weight excluding hydrogens is 264 g/mol. The molecule has 0 atom stereocenters. The Kier molecular flexibility index (Phi) is 5.33. The van der Waals surface area contributed by atoms with Crippen LogP contribution in [0.25, 0.3) is 11.0 Å². The topological polar surface area (TPSA) is 50.2 Å². The standard InChI is InChI=1S/C16H24N4O/c1-4-8-17-10-13-11-20(12-15(21)19(3)5-2)16-14(13)7-6-9-18-16/h6-7,9,11,17H,4-5,8,10,12H2,1-3H3. The summed E-state index contributed by atoms with van der Waals surface area (Å²) in [6.45, 7) is 6.98. The number of carbonyl (C=O) groups excluding carboxylic acids is 1. The Morgan fingerprint density at radius 3 is 2.95 bits per heavy atom. The average Bonchev–Trinajstić information content (AvgIpc) is 2.85. The van der Waals surface area contributed by atoms with Gasteiger partial charge < -0.3 is 14.8 Å². The van der Waals surface area contributed by atoms with Crippen LogP contribution in [-0.2, 0) is 17.9 Å². The fourth-order valence-corrected chi connectivity index (χ4v) is 2.30. The number of likely N-dealkylation sites (N-methyl/N-ethyl adjacent to an activating group) is 1. The van der Waals surface area contributed by atoms with Crippen molar-refractivity contribution in [3.05, 3.63) is 30.1 Å². The predicted molar refractivity (Wildman–Crippen MR) is 85.0 cm³/mol. The van der Waals surface area contributed by atoms with Gasteiger partial charge in [-0.3, -0.25) is 4.79 Å². The summed E-state index contributed by atoms with van der Waals surface area (Å²) in [6, 6.07) is 4.01. The monoisotopic (exact) mass is 288 g/mol. The van der Waals surface area contributed by atoms with E-state index >= 15 is 0 Å². The van der Waals surface area contributed by atoms with Crippen LogP contribution in [0.1, 0.15) is 25.8 Å². The summed E-state index contributed by atoms with van der Waals surface area (Å²) in [6.07, 6.45) is 4.93. The highest BCUT2D eigenvalue weighted by Crippen LogP contribution is 2.19. The zero-order chi connectivity index (χ0) is 15.2. The Labute approximate surface area is 126 Å². The number of hydrogen-bond donors (Lipinski definition) is 1. The summed E-state index contributed by atoms with van der Waals surface area (Å²) in [7, 11) is 1.82. The molecule has 2 aromatic heterocycles. The highest BCUT2D eigenvalue weighted by molar-refractivity contribution is 5.83. The molecule has 0 fully saturated rings. The molecule has 0 spiro atoms. The van der Waals surface area contributed by atoms with Crippen molar-refractivity contribution >= 4 is 16.9 Å². The van der Waals surface area contributed by atoms with Crippen molar-refractivity contribution in [2.45, 2.75) is 33.4 Å². The van der Waals surface area contributed by atoms with E-state index in [2.05, 4.69) is 23.3 Å². The smallest absolute Gasteiger partial charge is 0.242 e. The van der Waals surface area contributed by atoms with Crippen molar-refractivity contribution in [1.82, 2.24) is 19.8 Å². The molecule has 0 aliphatic heterocycles. The first-order valence-corrected chi connectivity index (χ1v) is 7.54. The molecule has 2 heterocycles. The minimum Gasteiger partial charge on any atom is -0.344 e. The van der Waals surface area contributed by atoms with Gasteiger partial charge >= 0.3 is 0 Å². The maximum absolute atomic E-state index is 12.1. The van der Waals surface area contributed by atoms with E-state index in [0.717, 1.165) is 37.1 Å². The van der Waals surface area contributed by atoms with Gasteiger partial charge in [0.05, 0.1) is 0 Å². The predicted octanol–water partition coefficient (Wildman–Crippen LogP) is 2.01. The van der Waals surface area contributed by atoms with E-state index in [1.165, 1.54) is 5.56 Å². The van der Waals surface area contributed by atoms with Gasteiger partial charge in [-0.05, 0) is 37.6 Å². The lowest BCUT2D eigenvalue weighted by molar-refractivity contribution is -0.130. The summed E-state index contributed by atoms with van der Waals surface area (Å²) < 4.78 is 1.95. The molecule has 0 aliphatic rings. The van der Waals surface area contributed by atoms with Crippen LogP contribution >= 0.6 is 0 Å². The van der Waals surface area contributed by atoms with E-state index in [1.807, 2.05) is 30.8 Å². The Balaban J connectivity index is 2.25. The van der Waals surface area contributed by atoms with E-state index < -0.39 is 0 Å². The summed E-state index contributed by atoms with van der Waals surface area (Å²) >= 11 is 0. The van der Waals surface area contributed by atoms with Gasteiger partial charge in [0.1, 0.15) is 12.2 Å². The number of fused-ring (bicyclic) bond motifs is 1. The fraction of sp³-hybridized carbons (Fsp3) is 0.500. The van der Waals surface area contributed by atoms with Crippen LogP contribution in [0.15, 0.2) is 24.5 Å². The second-order valence-electron chi connectivity index (χ2n) is 5.24. The maximum atomic E-state index is 12.1. The quantitative estimate of drug-likeness (QED) is 0.793. The van der Waals surface area contributed by atoms with Gasteiger partial charge in [-0.2, -0.15) is 0 Å². The van der Waals surface area contributed by atoms with Crippen molar-refractivity contribution in [3.63, 3.8) is 0 Å².